The van der Waals surface area contributed by atoms with E-state index >= 15 is 0 Å². The van der Waals surface area contributed by atoms with E-state index in [9.17, 15) is 9.59 Å². The Labute approximate surface area is 81.5 Å². The van der Waals surface area contributed by atoms with E-state index in [1.165, 1.54) is 4.90 Å². The Bertz CT molecular complexity index is 366. The fraction of sp³-hybridized carbons (Fsp3) is 0.200. The Morgan fingerprint density at radius 2 is 1.64 bits per heavy atom. The van der Waals surface area contributed by atoms with E-state index in [-0.39, 0.29) is 18.5 Å². The van der Waals surface area contributed by atoms with Crippen LogP contribution < -0.4 is 5.32 Å². The van der Waals surface area contributed by atoms with Gasteiger partial charge in [-0.05, 0) is 19.2 Å². The first-order valence-electron chi connectivity index (χ1n) is 4.35. The molecule has 0 aromatic heterocycles. The maximum atomic E-state index is 11.7. The van der Waals surface area contributed by atoms with Crippen LogP contribution in [0, 0.1) is 0 Å². The summed E-state index contributed by atoms with van der Waals surface area (Å²) in [6.45, 7) is 0.256. The molecule has 2 rings (SSSR count). The van der Waals surface area contributed by atoms with E-state index < -0.39 is 0 Å². The molecule has 14 heavy (non-hydrogen) atoms. The van der Waals surface area contributed by atoms with Crippen LogP contribution >= 0.6 is 0 Å². The molecule has 0 saturated carbocycles. The van der Waals surface area contributed by atoms with Gasteiger partial charge in [0.25, 0.3) is 11.8 Å². The van der Waals surface area contributed by atoms with E-state index in [1.54, 1.807) is 31.3 Å². The van der Waals surface area contributed by atoms with Gasteiger partial charge in [-0.1, -0.05) is 12.1 Å². The lowest BCUT2D eigenvalue weighted by atomic mass is 10.1. The van der Waals surface area contributed by atoms with Crippen LogP contribution in [0.2, 0.25) is 0 Å². The number of carbonyl (C=O) groups is 2. The number of benzene rings is 1. The molecule has 1 aliphatic heterocycles. The predicted molar refractivity (Wildman–Crippen MR) is 50.9 cm³/mol. The molecular weight excluding hydrogens is 180 g/mol. The lowest BCUT2D eigenvalue weighted by molar-refractivity contribution is 0.0645. The Kier molecular flexibility index (Phi) is 2.05. The van der Waals surface area contributed by atoms with Crippen molar-refractivity contribution in [2.24, 2.45) is 0 Å². The first kappa shape index (κ1) is 8.90. The van der Waals surface area contributed by atoms with Crippen molar-refractivity contribution in [3.63, 3.8) is 0 Å². The zero-order valence-corrected chi connectivity index (χ0v) is 7.78. The quantitative estimate of drug-likeness (QED) is 0.689. The SMILES string of the molecule is CNCN1C(=O)c2ccccc2C1=O. The zero-order valence-electron chi connectivity index (χ0n) is 7.78. The summed E-state index contributed by atoms with van der Waals surface area (Å²) in [4.78, 5) is 24.5. The van der Waals surface area contributed by atoms with Crippen molar-refractivity contribution in [1.82, 2.24) is 10.2 Å². The van der Waals surface area contributed by atoms with Gasteiger partial charge in [0.15, 0.2) is 0 Å². The van der Waals surface area contributed by atoms with E-state index in [1.807, 2.05) is 0 Å². The molecule has 1 aromatic carbocycles. The van der Waals surface area contributed by atoms with Gasteiger partial charge in [-0.25, -0.2) is 0 Å². The van der Waals surface area contributed by atoms with Crippen molar-refractivity contribution < 1.29 is 9.59 Å². The second-order valence-electron chi connectivity index (χ2n) is 3.10. The number of nitrogens with one attached hydrogen (secondary N) is 1. The number of fused-ring (bicyclic) bond motifs is 1. The van der Waals surface area contributed by atoms with Gasteiger partial charge in [0, 0.05) is 0 Å². The van der Waals surface area contributed by atoms with E-state index in [0.717, 1.165) is 0 Å². The highest BCUT2D eigenvalue weighted by Crippen LogP contribution is 2.21. The molecule has 1 heterocycles. The van der Waals surface area contributed by atoms with Crippen LogP contribution in [-0.2, 0) is 0 Å². The summed E-state index contributed by atoms with van der Waals surface area (Å²) in [5, 5.41) is 2.79. The summed E-state index contributed by atoms with van der Waals surface area (Å²) in [5.74, 6) is -0.445. The highest BCUT2D eigenvalue weighted by Gasteiger charge is 2.34. The normalized spacial score (nSPS) is 14.8. The van der Waals surface area contributed by atoms with Crippen molar-refractivity contribution in [3.8, 4) is 0 Å². The molecule has 4 heteroatoms. The van der Waals surface area contributed by atoms with Crippen molar-refractivity contribution in [1.29, 1.82) is 0 Å². The fourth-order valence-electron chi connectivity index (χ4n) is 1.54. The molecule has 0 atom stereocenters. The van der Waals surface area contributed by atoms with E-state index in [0.29, 0.717) is 11.1 Å². The van der Waals surface area contributed by atoms with Crippen LogP contribution in [0.5, 0.6) is 0 Å². The largest absolute Gasteiger partial charge is 0.302 e. The van der Waals surface area contributed by atoms with Crippen LogP contribution in [0.15, 0.2) is 24.3 Å². The Morgan fingerprint density at radius 3 is 2.07 bits per heavy atom. The third-order valence-electron chi connectivity index (χ3n) is 2.19. The van der Waals surface area contributed by atoms with Gasteiger partial charge in [0.05, 0.1) is 17.8 Å². The summed E-state index contributed by atoms with van der Waals surface area (Å²) in [6.07, 6.45) is 0. The minimum absolute atomic E-state index is 0.222. The summed E-state index contributed by atoms with van der Waals surface area (Å²) in [7, 11) is 1.70. The van der Waals surface area contributed by atoms with Crippen LogP contribution in [0.4, 0.5) is 0 Å². The molecular formula is C10H10N2O2. The second-order valence-corrected chi connectivity index (χ2v) is 3.10. The van der Waals surface area contributed by atoms with Crippen LogP contribution in [-0.4, -0.2) is 30.4 Å². The molecule has 1 aliphatic rings. The highest BCUT2D eigenvalue weighted by atomic mass is 16.2. The summed E-state index contributed by atoms with van der Waals surface area (Å²) in [6, 6.07) is 6.86. The number of carbonyl (C=O) groups excluding carboxylic acids is 2. The maximum Gasteiger partial charge on any atom is 0.262 e. The van der Waals surface area contributed by atoms with Crippen LogP contribution in [0.3, 0.4) is 0 Å². The molecule has 0 radical (unpaired) electrons. The first-order valence-corrected chi connectivity index (χ1v) is 4.35. The van der Waals surface area contributed by atoms with E-state index in [4.69, 9.17) is 0 Å². The summed E-state index contributed by atoms with van der Waals surface area (Å²) >= 11 is 0. The third kappa shape index (κ3) is 1.12. The van der Waals surface area contributed by atoms with Gasteiger partial charge in [-0.3, -0.25) is 14.5 Å². The lowest BCUT2D eigenvalue weighted by Crippen LogP contribution is -2.36. The fourth-order valence-corrected chi connectivity index (χ4v) is 1.54. The first-order chi connectivity index (χ1) is 6.75. The van der Waals surface area contributed by atoms with Crippen molar-refractivity contribution in [3.05, 3.63) is 35.4 Å². The lowest BCUT2D eigenvalue weighted by Gasteiger charge is -2.11. The van der Waals surface area contributed by atoms with Gasteiger partial charge in [-0.15, -0.1) is 0 Å². The maximum absolute atomic E-state index is 11.7. The van der Waals surface area contributed by atoms with Crippen LogP contribution in [0.25, 0.3) is 0 Å². The number of amides is 2. The number of hydrogen-bond donors (Lipinski definition) is 1. The molecule has 1 aromatic rings. The van der Waals surface area contributed by atoms with E-state index in [2.05, 4.69) is 5.32 Å². The predicted octanol–water partition coefficient (Wildman–Crippen LogP) is 0.459. The smallest absolute Gasteiger partial charge is 0.262 e. The molecule has 1 N–H and O–H groups in total. The monoisotopic (exact) mass is 190 g/mol. The van der Waals surface area contributed by atoms with Gasteiger partial charge in [-0.2, -0.15) is 0 Å². The average Bonchev–Trinajstić information content (AvgIpc) is 2.45. The highest BCUT2D eigenvalue weighted by molar-refractivity contribution is 6.21. The molecule has 2 amide bonds. The number of imide groups is 1. The summed E-state index contributed by atoms with van der Waals surface area (Å²) in [5.41, 5.74) is 0.987. The molecule has 0 saturated heterocycles. The molecule has 72 valence electrons. The number of rotatable bonds is 2. The number of hydrogen-bond acceptors (Lipinski definition) is 3. The molecule has 0 bridgehead atoms. The van der Waals surface area contributed by atoms with Crippen molar-refractivity contribution >= 4 is 11.8 Å². The van der Waals surface area contributed by atoms with Gasteiger partial charge >= 0.3 is 0 Å². The average molecular weight is 190 g/mol. The Hall–Kier alpha value is -1.68. The van der Waals surface area contributed by atoms with Gasteiger partial charge < -0.3 is 5.32 Å². The topological polar surface area (TPSA) is 49.4 Å². The van der Waals surface area contributed by atoms with Gasteiger partial charge in [0.1, 0.15) is 0 Å². The zero-order chi connectivity index (χ0) is 10.1. The molecule has 0 unspecified atom stereocenters. The number of nitrogens with zero attached hydrogens (tertiary/aromatic N) is 1. The Balaban J connectivity index is 2.43. The minimum Gasteiger partial charge on any atom is -0.302 e. The van der Waals surface area contributed by atoms with Crippen molar-refractivity contribution in [2.45, 2.75) is 0 Å². The third-order valence-corrected chi connectivity index (χ3v) is 2.19. The van der Waals surface area contributed by atoms with Crippen LogP contribution in [0.1, 0.15) is 20.7 Å². The molecule has 4 nitrogen and oxygen atoms in total. The molecule has 0 spiro atoms. The second kappa shape index (κ2) is 3.23. The Morgan fingerprint density at radius 1 is 1.14 bits per heavy atom. The van der Waals surface area contributed by atoms with Crippen molar-refractivity contribution in [2.75, 3.05) is 13.7 Å². The van der Waals surface area contributed by atoms with Gasteiger partial charge in [0.2, 0.25) is 0 Å². The summed E-state index contributed by atoms with van der Waals surface area (Å²) < 4.78 is 0. The minimum atomic E-state index is -0.222. The standard InChI is InChI=1S/C10H10N2O2/c1-11-6-12-9(13)7-4-2-3-5-8(7)10(12)14/h2-5,11H,6H2,1H3. The molecule has 0 fully saturated rings. The molecule has 0 aliphatic carbocycles.